The van der Waals surface area contributed by atoms with E-state index in [2.05, 4.69) is 15.8 Å². The highest BCUT2D eigenvalue weighted by Crippen LogP contribution is 2.30. The smallest absolute Gasteiger partial charge is 0.287 e. The Hall–Kier alpha value is -3.09. The van der Waals surface area contributed by atoms with Crippen LogP contribution in [-0.2, 0) is 6.42 Å². The molecule has 0 atom stereocenters. The van der Waals surface area contributed by atoms with Gasteiger partial charge in [-0.05, 0) is 50.8 Å². The van der Waals surface area contributed by atoms with Crippen LogP contribution in [0.15, 0.2) is 33.8 Å². The Balaban J connectivity index is 1.51. The fourth-order valence-electron chi connectivity index (χ4n) is 4.44. The predicted molar refractivity (Wildman–Crippen MR) is 118 cm³/mol. The zero-order valence-corrected chi connectivity index (χ0v) is 18.1. The van der Waals surface area contributed by atoms with Gasteiger partial charge in [0.05, 0.1) is 12.8 Å². The van der Waals surface area contributed by atoms with Gasteiger partial charge in [-0.25, -0.2) is 5.43 Å². The van der Waals surface area contributed by atoms with E-state index >= 15 is 0 Å². The Morgan fingerprint density at radius 3 is 2.68 bits per heavy atom. The highest BCUT2D eigenvalue weighted by molar-refractivity contribution is 6.07. The first kappa shape index (κ1) is 21.2. The van der Waals surface area contributed by atoms with Crippen molar-refractivity contribution < 1.29 is 18.7 Å². The number of fused-ring (bicyclic) bond motifs is 1. The molecule has 0 saturated heterocycles. The standard InChI is InChI=1S/C24H29N3O4/c1-15-21-19(26-27-23(28)16-8-6-11-18(14-16)30-2)12-7-13-20(21)31-22(15)24(29)25-17-9-4-3-5-10-17/h6,8,11,14,17H,3-5,7,9-10,12-13H2,1-2H3,(H,25,29)(H,27,28)/b26-19+. The van der Waals surface area contributed by atoms with Gasteiger partial charge in [0.25, 0.3) is 11.8 Å². The Morgan fingerprint density at radius 1 is 1.10 bits per heavy atom. The third-order valence-corrected chi connectivity index (χ3v) is 6.10. The van der Waals surface area contributed by atoms with Crippen LogP contribution in [0.1, 0.15) is 82.7 Å². The van der Waals surface area contributed by atoms with Gasteiger partial charge >= 0.3 is 0 Å². The molecule has 1 fully saturated rings. The molecular formula is C24H29N3O4. The summed E-state index contributed by atoms with van der Waals surface area (Å²) in [6.07, 6.45) is 7.93. The lowest BCUT2D eigenvalue weighted by atomic mass is 9.93. The maximum absolute atomic E-state index is 12.8. The predicted octanol–water partition coefficient (Wildman–Crippen LogP) is 4.13. The van der Waals surface area contributed by atoms with Gasteiger partial charge in [0.2, 0.25) is 0 Å². The van der Waals surface area contributed by atoms with Crippen LogP contribution in [0.4, 0.5) is 0 Å². The number of amides is 2. The molecule has 7 nitrogen and oxygen atoms in total. The molecule has 0 radical (unpaired) electrons. The van der Waals surface area contributed by atoms with Crippen LogP contribution >= 0.6 is 0 Å². The van der Waals surface area contributed by atoms with Gasteiger partial charge in [0.1, 0.15) is 11.5 Å². The van der Waals surface area contributed by atoms with Crippen LogP contribution in [0, 0.1) is 6.92 Å². The summed E-state index contributed by atoms with van der Waals surface area (Å²) in [6.45, 7) is 1.89. The number of nitrogens with zero attached hydrogens (tertiary/aromatic N) is 1. The van der Waals surface area contributed by atoms with Crippen molar-refractivity contribution in [3.63, 3.8) is 0 Å². The number of aryl methyl sites for hydroxylation is 1. The SMILES string of the molecule is COc1cccc(C(=O)N/N=C2\CCCc3oc(C(=O)NC4CCCCC4)c(C)c32)c1. The molecule has 7 heteroatoms. The number of ether oxygens (including phenoxy) is 1. The van der Waals surface area contributed by atoms with Crippen molar-refractivity contribution in [2.24, 2.45) is 5.10 Å². The monoisotopic (exact) mass is 423 g/mol. The summed E-state index contributed by atoms with van der Waals surface area (Å²) in [5, 5.41) is 7.52. The second-order valence-electron chi connectivity index (χ2n) is 8.25. The van der Waals surface area contributed by atoms with Crippen LogP contribution in [0.5, 0.6) is 5.75 Å². The number of furan rings is 1. The number of rotatable bonds is 5. The van der Waals surface area contributed by atoms with Gasteiger partial charge in [0, 0.05) is 29.2 Å². The molecule has 1 aromatic heterocycles. The van der Waals surface area contributed by atoms with Crippen molar-refractivity contribution in [2.45, 2.75) is 64.3 Å². The molecular weight excluding hydrogens is 394 g/mol. The molecule has 4 rings (SSSR count). The summed E-state index contributed by atoms with van der Waals surface area (Å²) in [4.78, 5) is 25.4. The van der Waals surface area contributed by atoms with Crippen molar-refractivity contribution in [3.05, 3.63) is 52.5 Å². The van der Waals surface area contributed by atoms with E-state index in [1.54, 1.807) is 31.4 Å². The van der Waals surface area contributed by atoms with E-state index in [-0.39, 0.29) is 17.9 Å². The normalized spacial score (nSPS) is 17.8. The Bertz CT molecular complexity index is 1000. The molecule has 31 heavy (non-hydrogen) atoms. The molecule has 164 valence electrons. The molecule has 2 aliphatic rings. The number of hydrogen-bond donors (Lipinski definition) is 2. The highest BCUT2D eigenvalue weighted by atomic mass is 16.5. The van der Waals surface area contributed by atoms with E-state index in [0.717, 1.165) is 67.5 Å². The average Bonchev–Trinajstić information content (AvgIpc) is 3.15. The van der Waals surface area contributed by atoms with Crippen molar-refractivity contribution in [1.29, 1.82) is 0 Å². The highest BCUT2D eigenvalue weighted by Gasteiger charge is 2.29. The molecule has 0 unspecified atom stereocenters. The second kappa shape index (κ2) is 9.37. The molecule has 1 heterocycles. The maximum Gasteiger partial charge on any atom is 0.287 e. The van der Waals surface area contributed by atoms with Gasteiger partial charge in [0.15, 0.2) is 5.76 Å². The van der Waals surface area contributed by atoms with Crippen molar-refractivity contribution in [3.8, 4) is 5.75 Å². The number of carbonyl (C=O) groups is 2. The molecule has 1 saturated carbocycles. The molecule has 0 aliphatic heterocycles. The van der Waals surface area contributed by atoms with E-state index in [1.165, 1.54) is 6.42 Å². The van der Waals surface area contributed by atoms with Gasteiger partial charge < -0.3 is 14.5 Å². The minimum absolute atomic E-state index is 0.154. The molecule has 2 N–H and O–H groups in total. The molecule has 0 bridgehead atoms. The number of methoxy groups -OCH3 is 1. The third kappa shape index (κ3) is 4.65. The lowest BCUT2D eigenvalue weighted by Gasteiger charge is -2.22. The first-order valence-electron chi connectivity index (χ1n) is 11.0. The number of nitrogens with one attached hydrogen (secondary N) is 2. The van der Waals surface area contributed by atoms with Crippen molar-refractivity contribution in [1.82, 2.24) is 10.7 Å². The minimum Gasteiger partial charge on any atom is -0.497 e. The molecule has 2 aliphatic carbocycles. The van der Waals surface area contributed by atoms with Crippen LogP contribution in [0.3, 0.4) is 0 Å². The summed E-state index contributed by atoms with van der Waals surface area (Å²) in [6, 6.07) is 7.14. The Kier molecular flexibility index (Phi) is 6.39. The first-order valence-corrected chi connectivity index (χ1v) is 11.0. The van der Waals surface area contributed by atoms with Gasteiger partial charge in [-0.1, -0.05) is 25.3 Å². The number of benzene rings is 1. The summed E-state index contributed by atoms with van der Waals surface area (Å²) in [7, 11) is 1.56. The largest absolute Gasteiger partial charge is 0.497 e. The van der Waals surface area contributed by atoms with Gasteiger partial charge in [-0.15, -0.1) is 0 Å². The zero-order valence-electron chi connectivity index (χ0n) is 18.1. The van der Waals surface area contributed by atoms with E-state index in [4.69, 9.17) is 9.15 Å². The summed E-state index contributed by atoms with van der Waals surface area (Å²) in [5.74, 6) is 1.28. The number of carbonyl (C=O) groups excluding carboxylic acids is 2. The first-order chi connectivity index (χ1) is 15.1. The molecule has 2 amide bonds. The fraction of sp³-hybridized carbons (Fsp3) is 0.458. The number of hydrogen-bond acceptors (Lipinski definition) is 5. The van der Waals surface area contributed by atoms with Crippen LogP contribution in [0.2, 0.25) is 0 Å². The van der Waals surface area contributed by atoms with Gasteiger partial charge in [-0.3, -0.25) is 9.59 Å². The zero-order chi connectivity index (χ0) is 21.8. The number of hydrazone groups is 1. The van der Waals surface area contributed by atoms with E-state index < -0.39 is 0 Å². The minimum atomic E-state index is -0.310. The average molecular weight is 424 g/mol. The fourth-order valence-corrected chi connectivity index (χ4v) is 4.44. The summed E-state index contributed by atoms with van der Waals surface area (Å²) >= 11 is 0. The van der Waals surface area contributed by atoms with E-state index in [9.17, 15) is 9.59 Å². The Morgan fingerprint density at radius 2 is 1.90 bits per heavy atom. The maximum atomic E-state index is 12.8. The topological polar surface area (TPSA) is 92.9 Å². The van der Waals surface area contributed by atoms with Crippen LogP contribution < -0.4 is 15.5 Å². The van der Waals surface area contributed by atoms with Crippen LogP contribution in [-0.4, -0.2) is 30.7 Å². The summed E-state index contributed by atoms with van der Waals surface area (Å²) < 4.78 is 11.1. The molecule has 1 aromatic carbocycles. The lowest BCUT2D eigenvalue weighted by molar-refractivity contribution is 0.0896. The lowest BCUT2D eigenvalue weighted by Crippen LogP contribution is -2.36. The molecule has 2 aromatic rings. The molecule has 0 spiro atoms. The van der Waals surface area contributed by atoms with Crippen molar-refractivity contribution >= 4 is 17.5 Å². The van der Waals surface area contributed by atoms with E-state index in [0.29, 0.717) is 17.1 Å². The van der Waals surface area contributed by atoms with Crippen molar-refractivity contribution in [2.75, 3.05) is 7.11 Å². The summed E-state index contributed by atoms with van der Waals surface area (Å²) in [5.41, 5.74) is 5.50. The second-order valence-corrected chi connectivity index (χ2v) is 8.25. The Labute approximate surface area is 182 Å². The van der Waals surface area contributed by atoms with E-state index in [1.807, 2.05) is 6.92 Å². The quantitative estimate of drug-likeness (QED) is 0.707. The van der Waals surface area contributed by atoms with Gasteiger partial charge in [-0.2, -0.15) is 5.10 Å². The van der Waals surface area contributed by atoms with Crippen LogP contribution in [0.25, 0.3) is 0 Å². The third-order valence-electron chi connectivity index (χ3n) is 6.10.